The van der Waals surface area contributed by atoms with Gasteiger partial charge in [0, 0.05) is 6.42 Å². The van der Waals surface area contributed by atoms with Crippen molar-refractivity contribution in [1.82, 2.24) is 0 Å². The first-order valence-electron chi connectivity index (χ1n) is 4.58. The molecule has 0 amide bonds. The largest absolute Gasteiger partial charge is 0.494 e. The summed E-state index contributed by atoms with van der Waals surface area (Å²) in [4.78, 5) is 0. The van der Waals surface area contributed by atoms with Gasteiger partial charge in [-0.05, 0) is 30.5 Å². The normalized spacial score (nSPS) is 9.73. The second-order valence-corrected chi connectivity index (χ2v) is 3.92. The Balaban J connectivity index is 2.80. The van der Waals surface area contributed by atoms with Gasteiger partial charge in [-0.25, -0.2) is 0 Å². The molecule has 0 aliphatic rings. The number of nitrogens with zero attached hydrogens (tertiary/aromatic N) is 1. The van der Waals surface area contributed by atoms with Crippen LogP contribution in [0, 0.1) is 11.3 Å². The van der Waals surface area contributed by atoms with Crippen LogP contribution >= 0.6 is 23.2 Å². The van der Waals surface area contributed by atoms with Crippen molar-refractivity contribution in [3.05, 3.63) is 27.7 Å². The number of unbranched alkanes of at least 4 members (excludes halogenated alkanes) is 1. The fourth-order valence-corrected chi connectivity index (χ4v) is 2.01. The fraction of sp³-hybridized carbons (Fsp3) is 0.364. The van der Waals surface area contributed by atoms with E-state index in [9.17, 15) is 0 Å². The van der Waals surface area contributed by atoms with E-state index < -0.39 is 0 Å². The van der Waals surface area contributed by atoms with Crippen molar-refractivity contribution in [1.29, 1.82) is 5.26 Å². The minimum Gasteiger partial charge on any atom is -0.494 e. The van der Waals surface area contributed by atoms with E-state index in [0.29, 0.717) is 22.2 Å². The molecule has 0 aliphatic heterocycles. The van der Waals surface area contributed by atoms with Gasteiger partial charge in [0.1, 0.15) is 0 Å². The molecular weight excluding hydrogens is 233 g/mol. The number of nitriles is 1. The molecular formula is C11H11Cl2NO. The number of aryl methyl sites for hydroxylation is 1. The molecule has 1 rings (SSSR count). The molecule has 4 heteroatoms. The van der Waals surface area contributed by atoms with E-state index in [1.54, 1.807) is 0 Å². The van der Waals surface area contributed by atoms with Crippen molar-refractivity contribution in [2.45, 2.75) is 19.3 Å². The van der Waals surface area contributed by atoms with E-state index in [2.05, 4.69) is 6.07 Å². The Morgan fingerprint density at radius 2 is 1.93 bits per heavy atom. The number of benzene rings is 1. The summed E-state index contributed by atoms with van der Waals surface area (Å²) in [5.74, 6) is 0.502. The quantitative estimate of drug-likeness (QED) is 0.753. The van der Waals surface area contributed by atoms with Crippen molar-refractivity contribution >= 4 is 23.2 Å². The first kappa shape index (κ1) is 12.2. The lowest BCUT2D eigenvalue weighted by molar-refractivity contribution is 0.415. The first-order chi connectivity index (χ1) is 7.19. The minimum absolute atomic E-state index is 0.502. The highest BCUT2D eigenvalue weighted by Gasteiger charge is 2.08. The Morgan fingerprint density at radius 1 is 1.33 bits per heavy atom. The lowest BCUT2D eigenvalue weighted by Gasteiger charge is -2.08. The van der Waals surface area contributed by atoms with Gasteiger partial charge in [0.05, 0.1) is 23.2 Å². The Morgan fingerprint density at radius 3 is 2.40 bits per heavy atom. The zero-order valence-electron chi connectivity index (χ0n) is 8.39. The van der Waals surface area contributed by atoms with Crippen LogP contribution in [0.4, 0.5) is 0 Å². The zero-order chi connectivity index (χ0) is 11.3. The maximum absolute atomic E-state index is 8.41. The average Bonchev–Trinajstić information content (AvgIpc) is 2.18. The van der Waals surface area contributed by atoms with Crippen LogP contribution < -0.4 is 4.74 Å². The van der Waals surface area contributed by atoms with E-state index in [-0.39, 0.29) is 0 Å². The average molecular weight is 244 g/mol. The van der Waals surface area contributed by atoms with Crippen LogP contribution in [0.3, 0.4) is 0 Å². The molecule has 0 saturated carbocycles. The van der Waals surface area contributed by atoms with Gasteiger partial charge >= 0.3 is 0 Å². The smallest absolute Gasteiger partial charge is 0.156 e. The van der Waals surface area contributed by atoms with E-state index >= 15 is 0 Å². The molecule has 1 aromatic carbocycles. The molecule has 2 nitrogen and oxygen atoms in total. The van der Waals surface area contributed by atoms with E-state index in [1.165, 1.54) is 7.11 Å². The molecule has 0 spiro atoms. The third kappa shape index (κ3) is 3.30. The van der Waals surface area contributed by atoms with Crippen molar-refractivity contribution < 1.29 is 4.74 Å². The highest BCUT2D eigenvalue weighted by Crippen LogP contribution is 2.34. The summed E-state index contributed by atoms with van der Waals surface area (Å²) in [5.41, 5.74) is 1.03. The summed E-state index contributed by atoms with van der Waals surface area (Å²) >= 11 is 11.9. The summed E-state index contributed by atoms with van der Waals surface area (Å²) in [6.07, 6.45) is 2.16. The standard InChI is InChI=1S/C11H11Cl2NO/c1-15-11-9(12)6-8(7-10(11)13)4-2-3-5-14/h6-7H,2-4H2,1H3. The van der Waals surface area contributed by atoms with E-state index in [4.69, 9.17) is 33.2 Å². The van der Waals surface area contributed by atoms with E-state index in [1.807, 2.05) is 12.1 Å². The Kier molecular flexibility index (Phi) is 4.74. The van der Waals surface area contributed by atoms with Crippen LogP contribution in [0.25, 0.3) is 0 Å². The van der Waals surface area contributed by atoms with Crippen LogP contribution in [0.15, 0.2) is 12.1 Å². The van der Waals surface area contributed by atoms with Gasteiger partial charge in [0.15, 0.2) is 5.75 Å². The zero-order valence-corrected chi connectivity index (χ0v) is 9.90. The van der Waals surface area contributed by atoms with Gasteiger partial charge in [-0.15, -0.1) is 0 Å². The maximum Gasteiger partial charge on any atom is 0.156 e. The number of hydrogen-bond donors (Lipinski definition) is 0. The van der Waals surface area contributed by atoms with Gasteiger partial charge in [-0.2, -0.15) is 5.26 Å². The summed E-state index contributed by atoms with van der Waals surface area (Å²) < 4.78 is 5.04. The van der Waals surface area contributed by atoms with Gasteiger partial charge in [0.25, 0.3) is 0 Å². The predicted octanol–water partition coefficient (Wildman–Crippen LogP) is 3.85. The lowest BCUT2D eigenvalue weighted by Crippen LogP contribution is -1.90. The molecule has 0 bridgehead atoms. The molecule has 0 fully saturated rings. The predicted molar refractivity (Wildman–Crippen MR) is 61.6 cm³/mol. The van der Waals surface area contributed by atoms with Crippen LogP contribution in [-0.2, 0) is 6.42 Å². The van der Waals surface area contributed by atoms with Crippen molar-refractivity contribution in [2.24, 2.45) is 0 Å². The molecule has 80 valence electrons. The Bertz CT molecular complexity index is 362. The molecule has 1 aromatic rings. The SMILES string of the molecule is COc1c(Cl)cc(CCCC#N)cc1Cl. The number of ether oxygens (including phenoxy) is 1. The first-order valence-corrected chi connectivity index (χ1v) is 5.33. The second kappa shape index (κ2) is 5.85. The number of hydrogen-bond acceptors (Lipinski definition) is 2. The summed E-state index contributed by atoms with van der Waals surface area (Å²) in [6, 6.07) is 5.75. The van der Waals surface area contributed by atoms with Crippen molar-refractivity contribution in [2.75, 3.05) is 7.11 Å². The molecule has 0 aliphatic carbocycles. The molecule has 0 saturated heterocycles. The Hall–Kier alpha value is -0.910. The van der Waals surface area contributed by atoms with Gasteiger partial charge in [-0.1, -0.05) is 23.2 Å². The summed E-state index contributed by atoms with van der Waals surface area (Å²) in [7, 11) is 1.53. The summed E-state index contributed by atoms with van der Waals surface area (Å²) in [6.45, 7) is 0. The van der Waals surface area contributed by atoms with E-state index in [0.717, 1.165) is 18.4 Å². The van der Waals surface area contributed by atoms with Crippen molar-refractivity contribution in [3.63, 3.8) is 0 Å². The van der Waals surface area contributed by atoms with Crippen molar-refractivity contribution in [3.8, 4) is 11.8 Å². The van der Waals surface area contributed by atoms with Gasteiger partial charge < -0.3 is 4.74 Å². The third-order valence-corrected chi connectivity index (χ3v) is 2.58. The second-order valence-electron chi connectivity index (χ2n) is 3.10. The number of halogens is 2. The fourth-order valence-electron chi connectivity index (χ4n) is 1.32. The van der Waals surface area contributed by atoms with Crippen LogP contribution in [-0.4, -0.2) is 7.11 Å². The molecule has 0 aromatic heterocycles. The lowest BCUT2D eigenvalue weighted by atomic mass is 10.1. The number of rotatable bonds is 4. The maximum atomic E-state index is 8.41. The Labute approximate surface area is 99.4 Å². The number of methoxy groups -OCH3 is 1. The topological polar surface area (TPSA) is 33.0 Å². The molecule has 0 atom stereocenters. The molecule has 0 radical (unpaired) electrons. The summed E-state index contributed by atoms with van der Waals surface area (Å²) in [5, 5.41) is 9.44. The van der Waals surface area contributed by atoms with Gasteiger partial charge in [0.2, 0.25) is 0 Å². The molecule has 0 heterocycles. The highest BCUT2D eigenvalue weighted by atomic mass is 35.5. The van der Waals surface area contributed by atoms with Crippen LogP contribution in [0.2, 0.25) is 10.0 Å². The monoisotopic (exact) mass is 243 g/mol. The third-order valence-electron chi connectivity index (χ3n) is 2.02. The molecule has 0 unspecified atom stereocenters. The van der Waals surface area contributed by atoms with Crippen LogP contribution in [0.1, 0.15) is 18.4 Å². The van der Waals surface area contributed by atoms with Crippen LogP contribution in [0.5, 0.6) is 5.75 Å². The minimum atomic E-state index is 0.502. The van der Waals surface area contributed by atoms with Gasteiger partial charge in [-0.3, -0.25) is 0 Å². The molecule has 15 heavy (non-hydrogen) atoms. The highest BCUT2D eigenvalue weighted by molar-refractivity contribution is 6.37. The molecule has 0 N–H and O–H groups in total.